The molecule has 0 amide bonds. The van der Waals surface area contributed by atoms with Crippen LogP contribution in [-0.2, 0) is 27.2 Å². The van der Waals surface area contributed by atoms with Gasteiger partial charge in [0.05, 0.1) is 26.5 Å². The summed E-state index contributed by atoms with van der Waals surface area (Å²) in [7, 11) is 4.73. The molecule has 0 radical (unpaired) electrons. The molecule has 1 saturated heterocycles. The second kappa shape index (κ2) is 11.3. The normalized spacial score (nSPS) is 19.2. The van der Waals surface area contributed by atoms with Crippen LogP contribution in [0, 0.1) is 0 Å². The lowest BCUT2D eigenvalue weighted by Gasteiger charge is -2.32. The lowest BCUT2D eigenvalue weighted by molar-refractivity contribution is -0.146. The van der Waals surface area contributed by atoms with Gasteiger partial charge in [-0.25, -0.2) is 0 Å². The van der Waals surface area contributed by atoms with Crippen molar-refractivity contribution in [3.8, 4) is 22.8 Å². The van der Waals surface area contributed by atoms with E-state index in [-0.39, 0.29) is 23.5 Å². The standard InChI is InChI=1S/C27H36N2O6/c1-5-20-12-18-13-26(35-11-7-10-32-2)25(33-3)14-21(18)23-15-24(30)19(17-29(20)23)16-28-9-6-8-22(28)27(31)34-4/h13-15,17,20,22H,5-12,16H2,1-4H3. The van der Waals surface area contributed by atoms with Crippen LogP contribution in [-0.4, -0.2) is 62.6 Å². The first-order chi connectivity index (χ1) is 17.0. The highest BCUT2D eigenvalue weighted by molar-refractivity contribution is 5.76. The van der Waals surface area contributed by atoms with E-state index in [1.807, 2.05) is 12.3 Å². The number of hydrogen-bond donors (Lipinski definition) is 0. The van der Waals surface area contributed by atoms with Gasteiger partial charge in [-0.3, -0.25) is 14.5 Å². The van der Waals surface area contributed by atoms with E-state index in [4.69, 9.17) is 18.9 Å². The van der Waals surface area contributed by atoms with Crippen molar-refractivity contribution >= 4 is 5.97 Å². The lowest BCUT2D eigenvalue weighted by Crippen LogP contribution is -2.37. The summed E-state index contributed by atoms with van der Waals surface area (Å²) in [5.41, 5.74) is 3.72. The van der Waals surface area contributed by atoms with E-state index >= 15 is 0 Å². The third-order valence-electron chi connectivity index (χ3n) is 7.10. The van der Waals surface area contributed by atoms with Crippen LogP contribution in [0.4, 0.5) is 0 Å². The highest BCUT2D eigenvalue weighted by atomic mass is 16.5. The number of aromatic nitrogens is 1. The maximum atomic E-state index is 13.2. The molecule has 0 spiro atoms. The number of ether oxygens (including phenoxy) is 4. The van der Waals surface area contributed by atoms with Gasteiger partial charge in [0.1, 0.15) is 6.04 Å². The number of likely N-dealkylation sites (tertiary alicyclic amines) is 1. The zero-order valence-electron chi connectivity index (χ0n) is 21.2. The maximum absolute atomic E-state index is 13.2. The minimum atomic E-state index is -0.283. The highest BCUT2D eigenvalue weighted by Crippen LogP contribution is 2.41. The van der Waals surface area contributed by atoms with Crippen LogP contribution in [0.1, 0.15) is 49.8 Å². The summed E-state index contributed by atoms with van der Waals surface area (Å²) in [5.74, 6) is 1.14. The molecule has 35 heavy (non-hydrogen) atoms. The van der Waals surface area contributed by atoms with Gasteiger partial charge in [-0.2, -0.15) is 0 Å². The molecule has 1 aromatic heterocycles. The van der Waals surface area contributed by atoms with Crippen molar-refractivity contribution in [2.75, 3.05) is 41.1 Å². The number of carbonyl (C=O) groups excluding carboxylic acids is 1. The predicted octanol–water partition coefficient (Wildman–Crippen LogP) is 3.58. The van der Waals surface area contributed by atoms with E-state index in [9.17, 15) is 9.59 Å². The Hall–Kier alpha value is -2.84. The number of esters is 1. The van der Waals surface area contributed by atoms with Gasteiger partial charge in [-0.15, -0.1) is 0 Å². The van der Waals surface area contributed by atoms with Crippen LogP contribution in [0.5, 0.6) is 11.5 Å². The predicted molar refractivity (Wildman–Crippen MR) is 133 cm³/mol. The van der Waals surface area contributed by atoms with Crippen molar-refractivity contribution in [2.24, 2.45) is 0 Å². The minimum absolute atomic E-state index is 0.0201. The molecule has 0 aliphatic carbocycles. The van der Waals surface area contributed by atoms with Gasteiger partial charge >= 0.3 is 5.97 Å². The third kappa shape index (κ3) is 5.23. The molecular formula is C27H36N2O6. The van der Waals surface area contributed by atoms with Crippen LogP contribution >= 0.6 is 0 Å². The van der Waals surface area contributed by atoms with Gasteiger partial charge in [0.2, 0.25) is 0 Å². The van der Waals surface area contributed by atoms with E-state index in [0.717, 1.165) is 55.5 Å². The Morgan fingerprint density at radius 2 is 1.94 bits per heavy atom. The fraction of sp³-hybridized carbons (Fsp3) is 0.556. The van der Waals surface area contributed by atoms with Crippen molar-refractivity contribution in [2.45, 2.75) is 57.7 Å². The van der Waals surface area contributed by atoms with Crippen molar-refractivity contribution in [3.05, 3.63) is 45.7 Å². The third-order valence-corrected chi connectivity index (χ3v) is 7.10. The Kier molecular flexibility index (Phi) is 8.13. The number of hydrogen-bond acceptors (Lipinski definition) is 7. The molecule has 1 aromatic carbocycles. The Labute approximate surface area is 206 Å². The summed E-state index contributed by atoms with van der Waals surface area (Å²) in [5, 5.41) is 0. The average molecular weight is 485 g/mol. The zero-order chi connectivity index (χ0) is 24.9. The Morgan fingerprint density at radius 1 is 1.11 bits per heavy atom. The lowest BCUT2D eigenvalue weighted by atomic mass is 9.90. The first-order valence-electron chi connectivity index (χ1n) is 12.4. The molecule has 190 valence electrons. The summed E-state index contributed by atoms with van der Waals surface area (Å²) in [4.78, 5) is 27.5. The second-order valence-corrected chi connectivity index (χ2v) is 9.23. The van der Waals surface area contributed by atoms with Gasteiger partial charge < -0.3 is 23.5 Å². The van der Waals surface area contributed by atoms with Gasteiger partial charge in [-0.05, 0) is 49.9 Å². The SMILES string of the molecule is CCC1Cc2cc(OCCCOC)c(OC)cc2-c2cc(=O)c(CN3CCCC3C(=O)OC)cn21. The fourth-order valence-corrected chi connectivity index (χ4v) is 5.23. The molecule has 1 fully saturated rings. The van der Waals surface area contributed by atoms with Gasteiger partial charge in [-0.1, -0.05) is 6.92 Å². The number of carbonyl (C=O) groups is 1. The number of rotatable bonds is 10. The number of nitrogens with zero attached hydrogens (tertiary/aromatic N) is 2. The number of benzene rings is 1. The first kappa shape index (κ1) is 25.3. The minimum Gasteiger partial charge on any atom is -0.493 e. The molecule has 4 rings (SSSR count). The molecule has 2 aliphatic rings. The Bertz CT molecular complexity index is 1110. The van der Waals surface area contributed by atoms with Gasteiger partial charge in [0, 0.05) is 56.1 Å². The van der Waals surface area contributed by atoms with Crippen LogP contribution in [0.3, 0.4) is 0 Å². The van der Waals surface area contributed by atoms with Crippen LogP contribution < -0.4 is 14.9 Å². The van der Waals surface area contributed by atoms with Crippen molar-refractivity contribution in [3.63, 3.8) is 0 Å². The van der Waals surface area contributed by atoms with Crippen molar-refractivity contribution in [1.82, 2.24) is 9.47 Å². The smallest absolute Gasteiger partial charge is 0.323 e. The van der Waals surface area contributed by atoms with E-state index in [0.29, 0.717) is 36.8 Å². The maximum Gasteiger partial charge on any atom is 0.323 e. The van der Waals surface area contributed by atoms with Gasteiger partial charge in [0.25, 0.3) is 0 Å². The van der Waals surface area contributed by atoms with E-state index in [2.05, 4.69) is 22.5 Å². The first-order valence-corrected chi connectivity index (χ1v) is 12.4. The highest BCUT2D eigenvalue weighted by Gasteiger charge is 2.32. The number of fused-ring (bicyclic) bond motifs is 3. The molecule has 2 aliphatic heterocycles. The molecule has 3 heterocycles. The van der Waals surface area contributed by atoms with Crippen LogP contribution in [0.15, 0.2) is 29.2 Å². The number of pyridine rings is 1. The largest absolute Gasteiger partial charge is 0.493 e. The summed E-state index contributed by atoms with van der Waals surface area (Å²) in [6.07, 6.45) is 6.24. The fourth-order valence-electron chi connectivity index (χ4n) is 5.23. The quantitative estimate of drug-likeness (QED) is 0.377. The monoisotopic (exact) mass is 484 g/mol. The molecule has 8 heteroatoms. The molecule has 0 bridgehead atoms. The molecule has 2 unspecified atom stereocenters. The Balaban J connectivity index is 1.67. The molecule has 8 nitrogen and oxygen atoms in total. The molecule has 2 aromatic rings. The molecular weight excluding hydrogens is 448 g/mol. The van der Waals surface area contributed by atoms with Crippen molar-refractivity contribution in [1.29, 1.82) is 0 Å². The second-order valence-electron chi connectivity index (χ2n) is 9.23. The average Bonchev–Trinajstić information content (AvgIpc) is 3.34. The van der Waals surface area contributed by atoms with E-state index in [1.54, 1.807) is 20.3 Å². The van der Waals surface area contributed by atoms with Crippen molar-refractivity contribution < 1.29 is 23.7 Å². The summed E-state index contributed by atoms with van der Waals surface area (Å²) in [6.45, 7) is 4.58. The summed E-state index contributed by atoms with van der Waals surface area (Å²) < 4.78 is 23.9. The van der Waals surface area contributed by atoms with Gasteiger partial charge in [0.15, 0.2) is 16.9 Å². The van der Waals surface area contributed by atoms with E-state index in [1.165, 1.54) is 7.11 Å². The summed E-state index contributed by atoms with van der Waals surface area (Å²) >= 11 is 0. The number of methoxy groups -OCH3 is 3. The molecule has 0 N–H and O–H groups in total. The van der Waals surface area contributed by atoms with Crippen LogP contribution in [0.2, 0.25) is 0 Å². The zero-order valence-corrected chi connectivity index (χ0v) is 21.2. The Morgan fingerprint density at radius 3 is 2.66 bits per heavy atom. The van der Waals surface area contributed by atoms with E-state index < -0.39 is 0 Å². The molecule has 0 saturated carbocycles. The molecule has 2 atom stereocenters. The van der Waals surface area contributed by atoms with Crippen LogP contribution in [0.25, 0.3) is 11.3 Å². The summed E-state index contributed by atoms with van der Waals surface area (Å²) in [6, 6.07) is 5.70. The topological polar surface area (TPSA) is 79.2 Å².